The molecule has 4 heterocycles. The molecule has 0 fully saturated rings. The number of hydrogen-bond acceptors (Lipinski definition) is 5. The lowest BCUT2D eigenvalue weighted by molar-refractivity contribution is 0.223. The van der Waals surface area contributed by atoms with Crippen molar-refractivity contribution in [1.82, 2.24) is 14.8 Å². The molecule has 2 atom stereocenters. The van der Waals surface area contributed by atoms with Gasteiger partial charge in [-0.05, 0) is 42.1 Å². The first-order valence-electron chi connectivity index (χ1n) is 9.66. The maximum absolute atomic E-state index is 6.59. The number of aromatic nitrogens is 3. The number of aryl methyl sites for hydroxylation is 1. The molecule has 6 rings (SSSR count). The van der Waals surface area contributed by atoms with Gasteiger partial charge in [0.1, 0.15) is 24.2 Å². The van der Waals surface area contributed by atoms with Crippen LogP contribution in [0.15, 0.2) is 71.9 Å². The molecule has 148 valence electrons. The van der Waals surface area contributed by atoms with Crippen molar-refractivity contribution in [1.29, 1.82) is 0 Å². The molecular formula is C23H17ClN4OS. The highest BCUT2D eigenvalue weighted by Gasteiger charge is 2.41. The number of hydrogen-bond donors (Lipinski definition) is 1. The predicted octanol–water partition coefficient (Wildman–Crippen LogP) is 5.86. The fraction of sp³-hybridized carbons (Fsp3) is 0.130. The third-order valence-electron chi connectivity index (χ3n) is 5.57. The number of fused-ring (bicyclic) bond motifs is 3. The van der Waals surface area contributed by atoms with Gasteiger partial charge in [-0.15, -0.1) is 11.3 Å². The van der Waals surface area contributed by atoms with E-state index in [9.17, 15) is 0 Å². The average Bonchev–Trinajstić information content (AvgIpc) is 3.44. The Hall–Kier alpha value is -3.09. The summed E-state index contributed by atoms with van der Waals surface area (Å²) in [5.74, 6) is 1.51. The first-order chi connectivity index (χ1) is 14.7. The Labute approximate surface area is 182 Å². The smallest absolute Gasteiger partial charge is 0.226 e. The van der Waals surface area contributed by atoms with Crippen molar-refractivity contribution < 1.29 is 4.74 Å². The van der Waals surface area contributed by atoms with Gasteiger partial charge in [0.25, 0.3) is 0 Å². The van der Waals surface area contributed by atoms with Gasteiger partial charge < -0.3 is 10.1 Å². The van der Waals surface area contributed by atoms with Crippen LogP contribution in [0.4, 0.5) is 5.95 Å². The highest BCUT2D eigenvalue weighted by Crippen LogP contribution is 2.51. The van der Waals surface area contributed by atoms with Crippen LogP contribution in [-0.2, 0) is 0 Å². The van der Waals surface area contributed by atoms with E-state index >= 15 is 0 Å². The molecule has 2 aliphatic rings. The quantitative estimate of drug-likeness (QED) is 0.431. The normalized spacial score (nSPS) is 19.4. The van der Waals surface area contributed by atoms with Crippen LogP contribution in [0, 0.1) is 6.92 Å². The minimum atomic E-state index is -0.258. The van der Waals surface area contributed by atoms with E-state index in [2.05, 4.69) is 64.1 Å². The first kappa shape index (κ1) is 17.7. The number of thiophene rings is 1. The highest BCUT2D eigenvalue weighted by molar-refractivity contribution is 7.10. The number of rotatable bonds is 2. The molecule has 2 aromatic heterocycles. The van der Waals surface area contributed by atoms with Gasteiger partial charge in [0, 0.05) is 21.0 Å². The molecule has 0 saturated heterocycles. The molecule has 0 bridgehead atoms. The molecule has 2 aliphatic heterocycles. The lowest BCUT2D eigenvalue weighted by Crippen LogP contribution is -2.32. The predicted molar refractivity (Wildman–Crippen MR) is 119 cm³/mol. The van der Waals surface area contributed by atoms with E-state index in [-0.39, 0.29) is 12.1 Å². The molecule has 0 radical (unpaired) electrons. The lowest BCUT2D eigenvalue weighted by atomic mass is 9.87. The van der Waals surface area contributed by atoms with Crippen molar-refractivity contribution in [2.75, 3.05) is 5.32 Å². The van der Waals surface area contributed by atoms with E-state index in [4.69, 9.17) is 16.3 Å². The Kier molecular flexibility index (Phi) is 3.97. The molecule has 5 nitrogen and oxygen atoms in total. The number of benzene rings is 2. The number of anilines is 1. The van der Waals surface area contributed by atoms with E-state index in [0.29, 0.717) is 11.0 Å². The van der Waals surface area contributed by atoms with Crippen LogP contribution in [-0.4, -0.2) is 14.8 Å². The zero-order chi connectivity index (χ0) is 20.2. The fourth-order valence-electron chi connectivity index (χ4n) is 4.18. The van der Waals surface area contributed by atoms with E-state index in [0.717, 1.165) is 28.1 Å². The van der Waals surface area contributed by atoms with Crippen molar-refractivity contribution in [3.63, 3.8) is 0 Å². The third kappa shape index (κ3) is 2.68. The van der Waals surface area contributed by atoms with Crippen molar-refractivity contribution >= 4 is 34.6 Å². The summed E-state index contributed by atoms with van der Waals surface area (Å²) in [7, 11) is 0. The van der Waals surface area contributed by atoms with E-state index in [1.807, 2.05) is 22.9 Å². The number of nitrogens with zero attached hydrogens (tertiary/aromatic N) is 3. The van der Waals surface area contributed by atoms with Gasteiger partial charge in [0.05, 0.1) is 5.70 Å². The Morgan fingerprint density at radius 2 is 2.00 bits per heavy atom. The fourth-order valence-corrected chi connectivity index (χ4v) is 5.18. The number of halogens is 1. The minimum Gasteiger partial charge on any atom is -0.480 e. The zero-order valence-electron chi connectivity index (χ0n) is 16.0. The van der Waals surface area contributed by atoms with Crippen LogP contribution in [0.1, 0.15) is 33.7 Å². The minimum absolute atomic E-state index is 0.114. The van der Waals surface area contributed by atoms with Crippen molar-refractivity contribution in [3.05, 3.63) is 98.5 Å². The molecule has 2 aromatic carbocycles. The van der Waals surface area contributed by atoms with E-state index in [1.54, 1.807) is 17.7 Å². The number of ether oxygens (including phenoxy) is 1. The summed E-state index contributed by atoms with van der Waals surface area (Å²) in [6, 6.07) is 18.3. The van der Waals surface area contributed by atoms with Crippen LogP contribution in [0.2, 0.25) is 5.02 Å². The SMILES string of the molecule is Cc1ccc([C@H]2Oc3ccc(Cl)cc3C3=C2[C@@H](c2cccs2)n2ncnc2N3)cc1. The van der Waals surface area contributed by atoms with Crippen LogP contribution in [0.5, 0.6) is 5.75 Å². The average molecular weight is 433 g/mol. The van der Waals surface area contributed by atoms with Gasteiger partial charge in [-0.1, -0.05) is 47.5 Å². The number of nitrogens with one attached hydrogen (secondary N) is 1. The summed E-state index contributed by atoms with van der Waals surface area (Å²) in [6.07, 6.45) is 1.33. The monoisotopic (exact) mass is 432 g/mol. The summed E-state index contributed by atoms with van der Waals surface area (Å²) in [5, 5.41) is 10.8. The van der Waals surface area contributed by atoms with Crippen LogP contribution >= 0.6 is 22.9 Å². The molecule has 0 amide bonds. The Morgan fingerprint density at radius 3 is 2.80 bits per heavy atom. The Bertz CT molecular complexity index is 1280. The zero-order valence-corrected chi connectivity index (χ0v) is 17.6. The van der Waals surface area contributed by atoms with Crippen LogP contribution < -0.4 is 10.1 Å². The second-order valence-corrected chi connectivity index (χ2v) is 8.87. The van der Waals surface area contributed by atoms with Gasteiger partial charge in [0.15, 0.2) is 0 Å². The van der Waals surface area contributed by atoms with Crippen molar-refractivity contribution in [2.24, 2.45) is 0 Å². The van der Waals surface area contributed by atoms with Crippen molar-refractivity contribution in [3.8, 4) is 5.75 Å². The second kappa shape index (κ2) is 6.72. The van der Waals surface area contributed by atoms with Crippen molar-refractivity contribution in [2.45, 2.75) is 19.1 Å². The van der Waals surface area contributed by atoms with E-state index < -0.39 is 0 Å². The van der Waals surface area contributed by atoms with Gasteiger partial charge in [-0.25, -0.2) is 4.68 Å². The van der Waals surface area contributed by atoms with Crippen LogP contribution in [0.25, 0.3) is 5.70 Å². The third-order valence-corrected chi connectivity index (χ3v) is 6.73. The molecule has 7 heteroatoms. The van der Waals surface area contributed by atoms with Gasteiger partial charge in [0.2, 0.25) is 5.95 Å². The van der Waals surface area contributed by atoms with Gasteiger partial charge >= 0.3 is 0 Å². The molecule has 0 unspecified atom stereocenters. The first-order valence-corrected chi connectivity index (χ1v) is 10.9. The molecular weight excluding hydrogens is 416 g/mol. The summed E-state index contributed by atoms with van der Waals surface area (Å²) < 4.78 is 8.52. The molecule has 30 heavy (non-hydrogen) atoms. The standard InChI is InChI=1S/C23H17ClN4OS/c1-13-4-6-14(7-5-13)22-19-20(16-11-15(24)8-9-17(16)29-22)27-23-25-12-26-28(23)21(19)18-3-2-10-30-18/h2-12,21-22H,1H3,(H,25,26,27)/t21-,22-/m1/s1. The highest BCUT2D eigenvalue weighted by atomic mass is 35.5. The lowest BCUT2D eigenvalue weighted by Gasteiger charge is -2.38. The summed E-state index contributed by atoms with van der Waals surface area (Å²) in [4.78, 5) is 5.63. The molecule has 1 N–H and O–H groups in total. The maximum Gasteiger partial charge on any atom is 0.226 e. The Morgan fingerprint density at radius 1 is 1.13 bits per heavy atom. The molecule has 0 spiro atoms. The summed E-state index contributed by atoms with van der Waals surface area (Å²) in [5.41, 5.74) is 5.35. The second-order valence-electron chi connectivity index (χ2n) is 7.45. The van der Waals surface area contributed by atoms with Gasteiger partial charge in [-0.3, -0.25) is 0 Å². The molecule has 0 saturated carbocycles. The van der Waals surface area contributed by atoms with E-state index in [1.165, 1.54) is 10.4 Å². The van der Waals surface area contributed by atoms with Crippen LogP contribution in [0.3, 0.4) is 0 Å². The Balaban J connectivity index is 1.63. The van der Waals surface area contributed by atoms with Gasteiger partial charge in [-0.2, -0.15) is 10.1 Å². The largest absolute Gasteiger partial charge is 0.480 e. The molecule has 4 aromatic rings. The summed E-state index contributed by atoms with van der Waals surface area (Å²) >= 11 is 8.06. The molecule has 0 aliphatic carbocycles. The maximum atomic E-state index is 6.59. The topological polar surface area (TPSA) is 52.0 Å². The summed E-state index contributed by atoms with van der Waals surface area (Å²) in [6.45, 7) is 2.09.